The number of hydrazone groups is 1. The number of carbonyl (C=O) groups is 1. The predicted molar refractivity (Wildman–Crippen MR) is 85.4 cm³/mol. The van der Waals surface area contributed by atoms with E-state index in [4.69, 9.17) is 9.47 Å². The average Bonchev–Trinajstić information content (AvgIpc) is 2.56. The van der Waals surface area contributed by atoms with Gasteiger partial charge < -0.3 is 9.47 Å². The van der Waals surface area contributed by atoms with Crippen molar-refractivity contribution >= 4 is 12.1 Å². The van der Waals surface area contributed by atoms with Crippen molar-refractivity contribution in [3.63, 3.8) is 0 Å². The summed E-state index contributed by atoms with van der Waals surface area (Å²) in [5.74, 6) is 1.28. The summed E-state index contributed by atoms with van der Waals surface area (Å²) in [5.41, 5.74) is 4.20. The third-order valence-corrected chi connectivity index (χ3v) is 3.06. The first-order valence-corrected chi connectivity index (χ1v) is 6.81. The first kappa shape index (κ1) is 15.6. The van der Waals surface area contributed by atoms with Crippen LogP contribution in [0.1, 0.15) is 11.1 Å². The molecule has 0 heterocycles. The minimum atomic E-state index is -0.184. The van der Waals surface area contributed by atoms with Crippen molar-refractivity contribution in [3.8, 4) is 11.5 Å². The fourth-order valence-corrected chi connectivity index (χ4v) is 1.92. The topological polar surface area (TPSA) is 59.9 Å². The highest BCUT2D eigenvalue weighted by molar-refractivity contribution is 5.85. The van der Waals surface area contributed by atoms with Crippen molar-refractivity contribution < 1.29 is 14.3 Å². The molecule has 0 bridgehead atoms. The molecule has 1 amide bonds. The third kappa shape index (κ3) is 4.34. The van der Waals surface area contributed by atoms with E-state index in [1.807, 2.05) is 48.5 Å². The number of hydrogen-bond acceptors (Lipinski definition) is 4. The van der Waals surface area contributed by atoms with Crippen LogP contribution in [0, 0.1) is 0 Å². The number of amides is 1. The number of ether oxygens (including phenoxy) is 2. The molecule has 0 atom stereocenters. The van der Waals surface area contributed by atoms with Gasteiger partial charge in [0.15, 0.2) is 0 Å². The Bertz CT molecular complexity index is 651. The summed E-state index contributed by atoms with van der Waals surface area (Å²) in [6.45, 7) is 0. The summed E-state index contributed by atoms with van der Waals surface area (Å²) < 4.78 is 10.3. The summed E-state index contributed by atoms with van der Waals surface area (Å²) >= 11 is 0. The van der Waals surface area contributed by atoms with Crippen LogP contribution in [0.2, 0.25) is 0 Å². The molecule has 2 aromatic rings. The molecule has 0 unspecified atom stereocenters. The number of hydrogen-bond donors (Lipinski definition) is 1. The van der Waals surface area contributed by atoms with Gasteiger partial charge in [-0.05, 0) is 29.8 Å². The van der Waals surface area contributed by atoms with Crippen LogP contribution >= 0.6 is 0 Å². The molecule has 114 valence electrons. The summed E-state index contributed by atoms with van der Waals surface area (Å²) in [4.78, 5) is 11.8. The van der Waals surface area contributed by atoms with Crippen LogP contribution in [0.5, 0.6) is 11.5 Å². The molecule has 0 saturated heterocycles. The first-order valence-electron chi connectivity index (χ1n) is 6.81. The van der Waals surface area contributed by atoms with Crippen LogP contribution in [0.25, 0.3) is 0 Å². The zero-order chi connectivity index (χ0) is 15.8. The fraction of sp³-hybridized carbons (Fsp3) is 0.176. The summed E-state index contributed by atoms with van der Waals surface area (Å²) in [5, 5.41) is 3.95. The van der Waals surface area contributed by atoms with Crippen LogP contribution in [-0.2, 0) is 11.2 Å². The number of methoxy groups -OCH3 is 2. The lowest BCUT2D eigenvalue weighted by Gasteiger charge is -2.04. The van der Waals surface area contributed by atoms with E-state index >= 15 is 0 Å². The van der Waals surface area contributed by atoms with Crippen molar-refractivity contribution in [2.24, 2.45) is 5.10 Å². The van der Waals surface area contributed by atoms with Gasteiger partial charge >= 0.3 is 0 Å². The van der Waals surface area contributed by atoms with Gasteiger partial charge in [0.05, 0.1) is 26.9 Å². The number of nitrogens with zero attached hydrogens (tertiary/aromatic N) is 1. The zero-order valence-electron chi connectivity index (χ0n) is 12.6. The number of rotatable bonds is 6. The summed E-state index contributed by atoms with van der Waals surface area (Å²) in [6, 6.07) is 14.8. The van der Waals surface area contributed by atoms with Gasteiger partial charge in [0.2, 0.25) is 5.91 Å². The Morgan fingerprint density at radius 1 is 1.09 bits per heavy atom. The molecule has 5 heteroatoms. The van der Waals surface area contributed by atoms with E-state index in [0.717, 1.165) is 16.9 Å². The molecule has 0 aliphatic rings. The van der Waals surface area contributed by atoms with E-state index in [-0.39, 0.29) is 12.3 Å². The first-order chi connectivity index (χ1) is 10.7. The van der Waals surface area contributed by atoms with E-state index in [1.54, 1.807) is 20.4 Å². The molecular formula is C17H18N2O3. The number of benzene rings is 2. The molecule has 0 aromatic heterocycles. The van der Waals surface area contributed by atoms with Crippen LogP contribution in [-0.4, -0.2) is 26.3 Å². The quantitative estimate of drug-likeness (QED) is 0.658. The molecular weight excluding hydrogens is 280 g/mol. The molecule has 0 radical (unpaired) electrons. The highest BCUT2D eigenvalue weighted by Gasteiger charge is 2.03. The Balaban J connectivity index is 1.90. The molecule has 0 spiro atoms. The lowest BCUT2D eigenvalue weighted by molar-refractivity contribution is -0.120. The van der Waals surface area contributed by atoms with Gasteiger partial charge in [0.25, 0.3) is 0 Å². The lowest BCUT2D eigenvalue weighted by atomic mass is 10.1. The molecule has 1 N–H and O–H groups in total. The number of carbonyl (C=O) groups excluding carboxylic acids is 1. The van der Waals surface area contributed by atoms with Gasteiger partial charge in [-0.1, -0.05) is 24.3 Å². The second-order valence-corrected chi connectivity index (χ2v) is 4.56. The maximum Gasteiger partial charge on any atom is 0.244 e. The molecule has 0 fully saturated rings. The maximum absolute atomic E-state index is 11.8. The van der Waals surface area contributed by atoms with Crippen molar-refractivity contribution in [2.75, 3.05) is 14.2 Å². The van der Waals surface area contributed by atoms with Crippen LogP contribution in [0.4, 0.5) is 0 Å². The van der Waals surface area contributed by atoms with E-state index in [0.29, 0.717) is 5.75 Å². The summed E-state index contributed by atoms with van der Waals surface area (Å²) in [6.07, 6.45) is 1.82. The molecule has 0 aliphatic heterocycles. The van der Waals surface area contributed by atoms with Gasteiger partial charge in [-0.2, -0.15) is 5.10 Å². The Hall–Kier alpha value is -2.82. The van der Waals surface area contributed by atoms with Crippen molar-refractivity contribution in [3.05, 3.63) is 59.7 Å². The van der Waals surface area contributed by atoms with Crippen LogP contribution in [0.15, 0.2) is 53.6 Å². The van der Waals surface area contributed by atoms with Crippen molar-refractivity contribution in [1.29, 1.82) is 0 Å². The summed E-state index contributed by atoms with van der Waals surface area (Å²) in [7, 11) is 3.20. The average molecular weight is 298 g/mol. The molecule has 0 saturated carbocycles. The molecule has 5 nitrogen and oxygen atoms in total. The third-order valence-electron chi connectivity index (χ3n) is 3.06. The highest BCUT2D eigenvalue weighted by atomic mass is 16.5. The number of para-hydroxylation sites is 1. The number of nitrogens with one attached hydrogen (secondary N) is 1. The Labute approximate surface area is 129 Å². The van der Waals surface area contributed by atoms with E-state index in [1.165, 1.54) is 0 Å². The standard InChI is InChI=1S/C17H18N2O3/c1-21-15-9-7-13(8-10-15)11-17(20)19-18-12-14-5-3-4-6-16(14)22-2/h3-10,12H,11H2,1-2H3,(H,19,20)/b18-12-. The maximum atomic E-state index is 11.8. The monoisotopic (exact) mass is 298 g/mol. The van der Waals surface area contributed by atoms with Gasteiger partial charge in [-0.3, -0.25) is 4.79 Å². The largest absolute Gasteiger partial charge is 0.497 e. The second-order valence-electron chi connectivity index (χ2n) is 4.56. The minimum Gasteiger partial charge on any atom is -0.497 e. The van der Waals surface area contributed by atoms with Crippen LogP contribution < -0.4 is 14.9 Å². The van der Waals surface area contributed by atoms with Gasteiger partial charge in [-0.15, -0.1) is 0 Å². The Morgan fingerprint density at radius 3 is 2.50 bits per heavy atom. The fourth-order valence-electron chi connectivity index (χ4n) is 1.92. The van der Waals surface area contributed by atoms with E-state index in [9.17, 15) is 4.79 Å². The van der Waals surface area contributed by atoms with E-state index < -0.39 is 0 Å². The van der Waals surface area contributed by atoms with Gasteiger partial charge in [0, 0.05) is 5.56 Å². The Kier molecular flexibility index (Phi) is 5.54. The normalized spacial score (nSPS) is 10.5. The predicted octanol–water partition coefficient (Wildman–Crippen LogP) is 2.40. The highest BCUT2D eigenvalue weighted by Crippen LogP contribution is 2.14. The minimum absolute atomic E-state index is 0.184. The Morgan fingerprint density at radius 2 is 1.82 bits per heavy atom. The molecule has 2 aromatic carbocycles. The molecule has 2 rings (SSSR count). The van der Waals surface area contributed by atoms with E-state index in [2.05, 4.69) is 10.5 Å². The van der Waals surface area contributed by atoms with Gasteiger partial charge in [0.1, 0.15) is 11.5 Å². The second kappa shape index (κ2) is 7.83. The molecule has 0 aliphatic carbocycles. The SMILES string of the molecule is COc1ccc(CC(=O)N/N=C\c2ccccc2OC)cc1. The lowest BCUT2D eigenvalue weighted by Crippen LogP contribution is -2.19. The zero-order valence-corrected chi connectivity index (χ0v) is 12.6. The smallest absolute Gasteiger partial charge is 0.244 e. The van der Waals surface area contributed by atoms with Gasteiger partial charge in [-0.25, -0.2) is 5.43 Å². The van der Waals surface area contributed by atoms with Crippen molar-refractivity contribution in [1.82, 2.24) is 5.43 Å². The molecule has 22 heavy (non-hydrogen) atoms. The van der Waals surface area contributed by atoms with Crippen LogP contribution in [0.3, 0.4) is 0 Å². The van der Waals surface area contributed by atoms with Crippen molar-refractivity contribution in [2.45, 2.75) is 6.42 Å².